The van der Waals surface area contributed by atoms with E-state index in [1.165, 1.54) is 41.0 Å². The van der Waals surface area contributed by atoms with Crippen LogP contribution in [0.5, 0.6) is 0 Å². The second kappa shape index (κ2) is 11.9. The molecule has 0 aromatic heterocycles. The largest absolute Gasteiger partial charge is 0.449 e. The number of carbonyl (C=O) groups excluding carboxylic acids is 2. The Morgan fingerprint density at radius 3 is 2.38 bits per heavy atom. The topological polar surface area (TPSA) is 84.0 Å². The predicted octanol–water partition coefficient (Wildman–Crippen LogP) is 5.91. The minimum absolute atomic E-state index is 0.151. The summed E-state index contributed by atoms with van der Waals surface area (Å²) in [6, 6.07) is 14.6. The summed E-state index contributed by atoms with van der Waals surface area (Å²) in [5, 5.41) is -0.813. The van der Waals surface area contributed by atoms with Gasteiger partial charge in [0, 0.05) is 40.3 Å². The highest BCUT2D eigenvalue weighted by Gasteiger charge is 2.37. The molecule has 39 heavy (non-hydrogen) atoms. The molecule has 1 fully saturated rings. The van der Waals surface area contributed by atoms with Crippen LogP contribution >= 0.6 is 23.2 Å². The molecule has 12 heteroatoms. The molecule has 0 saturated carbocycles. The number of nitrogens with zero attached hydrogens (tertiary/aromatic N) is 2. The zero-order chi connectivity index (χ0) is 28.3. The Balaban J connectivity index is 1.50. The van der Waals surface area contributed by atoms with Crippen LogP contribution in [0.15, 0.2) is 71.6 Å². The van der Waals surface area contributed by atoms with Gasteiger partial charge in [0.05, 0.1) is 16.8 Å². The molecule has 0 spiro atoms. The van der Waals surface area contributed by atoms with Crippen molar-refractivity contribution in [2.75, 3.05) is 31.1 Å². The van der Waals surface area contributed by atoms with Crippen molar-refractivity contribution in [3.63, 3.8) is 0 Å². The predicted molar refractivity (Wildman–Crippen MR) is 144 cm³/mol. The minimum Gasteiger partial charge on any atom is -0.449 e. The summed E-state index contributed by atoms with van der Waals surface area (Å²) < 4.78 is 61.4. The smallest absolute Gasteiger partial charge is 0.410 e. The first-order valence-electron chi connectivity index (χ1n) is 11.9. The summed E-state index contributed by atoms with van der Waals surface area (Å²) in [4.78, 5) is 28.0. The highest BCUT2D eigenvalue weighted by atomic mass is 35.5. The Hall–Kier alpha value is -3.21. The molecular formula is C27H24Cl2F2N2O5S. The number of sulfone groups is 1. The number of hydrogen-bond acceptors (Lipinski definition) is 5. The van der Waals surface area contributed by atoms with Gasteiger partial charge >= 0.3 is 6.09 Å². The third-order valence-electron chi connectivity index (χ3n) is 6.33. The molecule has 1 heterocycles. The molecule has 4 rings (SSSR count). The Morgan fingerprint density at radius 2 is 1.72 bits per heavy atom. The molecule has 0 aliphatic carbocycles. The average molecular weight is 597 g/mol. The van der Waals surface area contributed by atoms with Gasteiger partial charge in [-0.3, -0.25) is 9.69 Å². The van der Waals surface area contributed by atoms with Crippen molar-refractivity contribution >= 4 is 50.7 Å². The van der Waals surface area contributed by atoms with Crippen LogP contribution in [0.4, 0.5) is 19.3 Å². The molecule has 3 aromatic rings. The van der Waals surface area contributed by atoms with Gasteiger partial charge in [0.1, 0.15) is 18.2 Å². The van der Waals surface area contributed by atoms with E-state index in [9.17, 15) is 26.8 Å². The van der Waals surface area contributed by atoms with Crippen LogP contribution in [0.1, 0.15) is 17.7 Å². The fourth-order valence-electron chi connectivity index (χ4n) is 4.41. The molecule has 3 aromatic carbocycles. The number of carbonyl (C=O) groups is 2. The Labute approximate surface area is 234 Å². The third kappa shape index (κ3) is 6.51. The van der Waals surface area contributed by atoms with Crippen LogP contribution < -0.4 is 4.90 Å². The second-order valence-electron chi connectivity index (χ2n) is 9.09. The summed E-state index contributed by atoms with van der Waals surface area (Å²) >= 11 is 11.9. The number of amides is 2. The third-order valence-corrected chi connectivity index (χ3v) is 9.13. The lowest BCUT2D eigenvalue weighted by Crippen LogP contribution is -2.52. The highest BCUT2D eigenvalue weighted by Crippen LogP contribution is 2.37. The molecule has 7 nitrogen and oxygen atoms in total. The monoisotopic (exact) mass is 596 g/mol. The van der Waals surface area contributed by atoms with Crippen molar-refractivity contribution in [3.05, 3.63) is 94.0 Å². The number of anilines is 1. The average Bonchev–Trinajstić information content (AvgIpc) is 2.89. The number of hydrogen-bond donors (Lipinski definition) is 0. The van der Waals surface area contributed by atoms with Crippen molar-refractivity contribution in [3.8, 4) is 0 Å². The maximum absolute atomic E-state index is 14.8. The molecular weight excluding hydrogens is 573 g/mol. The number of halogens is 4. The molecule has 0 radical (unpaired) electrons. The number of benzene rings is 3. The molecule has 2 atom stereocenters. The second-order valence-corrected chi connectivity index (χ2v) is 12.0. The first-order chi connectivity index (χ1) is 18.5. The van der Waals surface area contributed by atoms with E-state index in [1.54, 1.807) is 24.3 Å². The fraction of sp³-hybridized carbons (Fsp3) is 0.259. The number of rotatable bonds is 7. The van der Waals surface area contributed by atoms with Crippen LogP contribution in [0, 0.1) is 17.6 Å². The van der Waals surface area contributed by atoms with Crippen molar-refractivity contribution in [2.24, 2.45) is 5.92 Å². The van der Waals surface area contributed by atoms with Crippen LogP contribution in [0.2, 0.25) is 10.0 Å². The van der Waals surface area contributed by atoms with E-state index in [-0.39, 0.29) is 36.0 Å². The van der Waals surface area contributed by atoms with Crippen LogP contribution in [0.3, 0.4) is 0 Å². The molecule has 1 aliphatic heterocycles. The Morgan fingerprint density at radius 1 is 1.00 bits per heavy atom. The van der Waals surface area contributed by atoms with Crippen molar-refractivity contribution in [1.29, 1.82) is 0 Å². The van der Waals surface area contributed by atoms with E-state index >= 15 is 0 Å². The lowest BCUT2D eigenvalue weighted by Gasteiger charge is -2.34. The summed E-state index contributed by atoms with van der Waals surface area (Å²) in [6.07, 6.45) is -0.830. The van der Waals surface area contributed by atoms with E-state index in [1.807, 2.05) is 0 Å². The maximum atomic E-state index is 14.8. The van der Waals surface area contributed by atoms with Gasteiger partial charge in [-0.2, -0.15) is 0 Å². The first kappa shape index (κ1) is 28.8. The minimum atomic E-state index is -4.27. The van der Waals surface area contributed by atoms with Gasteiger partial charge in [-0.1, -0.05) is 36.2 Å². The molecule has 1 saturated heterocycles. The molecule has 206 valence electrons. The number of piperazine rings is 1. The highest BCUT2D eigenvalue weighted by molar-refractivity contribution is 7.91. The maximum Gasteiger partial charge on any atom is 0.410 e. The van der Waals surface area contributed by atoms with E-state index in [0.717, 1.165) is 18.2 Å². The quantitative estimate of drug-likeness (QED) is 0.338. The van der Waals surface area contributed by atoms with Gasteiger partial charge in [0.15, 0.2) is 9.84 Å². The van der Waals surface area contributed by atoms with Gasteiger partial charge < -0.3 is 9.64 Å². The molecule has 2 amide bonds. The van der Waals surface area contributed by atoms with Gasteiger partial charge in [0.2, 0.25) is 5.91 Å². The van der Waals surface area contributed by atoms with Gasteiger partial charge in [0.25, 0.3) is 0 Å². The summed E-state index contributed by atoms with van der Waals surface area (Å²) in [5.74, 6) is -3.07. The number of ether oxygens (including phenoxy) is 1. The van der Waals surface area contributed by atoms with E-state index in [4.69, 9.17) is 27.9 Å². The lowest BCUT2D eigenvalue weighted by atomic mass is 10.0. The van der Waals surface area contributed by atoms with E-state index in [2.05, 4.69) is 0 Å². The van der Waals surface area contributed by atoms with Crippen LogP contribution in [0.25, 0.3) is 0 Å². The first-order valence-corrected chi connectivity index (χ1v) is 14.2. The SMILES string of the molecule is C[C@H](COC(=O)N1CCN(c2cccc(Cl)c2)C(=O)C1)[C@@H](c1cc(F)ccc1F)S(=O)(=O)c1ccc(Cl)cc1. The molecule has 0 unspecified atom stereocenters. The van der Waals surface area contributed by atoms with Crippen molar-refractivity contribution in [1.82, 2.24) is 4.90 Å². The van der Waals surface area contributed by atoms with Crippen LogP contribution in [-0.4, -0.2) is 51.6 Å². The molecule has 0 N–H and O–H groups in total. The summed E-state index contributed by atoms with van der Waals surface area (Å²) in [7, 11) is -4.27. The standard InChI is InChI=1S/C27H24Cl2F2N2O5S/c1-17(16-38-27(35)32-11-12-33(25(34)15-32)21-4-2-3-19(29)13-21)26(23-14-20(30)7-10-24(23)31)39(36,37)22-8-5-18(28)6-9-22/h2-10,13-14,17,26H,11-12,15-16H2,1H3/t17-,26+/m1/s1. The van der Waals surface area contributed by atoms with Crippen molar-refractivity contribution < 1.29 is 31.5 Å². The Bertz CT molecular complexity index is 1490. The lowest BCUT2D eigenvalue weighted by molar-refractivity contribution is -0.120. The normalized spacial score (nSPS) is 15.7. The van der Waals surface area contributed by atoms with Crippen LogP contribution in [-0.2, 0) is 19.4 Å². The zero-order valence-electron chi connectivity index (χ0n) is 20.7. The zero-order valence-corrected chi connectivity index (χ0v) is 23.0. The molecule has 0 bridgehead atoms. The molecule has 1 aliphatic rings. The van der Waals surface area contributed by atoms with Gasteiger partial charge in [-0.25, -0.2) is 22.0 Å². The van der Waals surface area contributed by atoms with E-state index in [0.29, 0.717) is 15.7 Å². The van der Waals surface area contributed by atoms with Crippen molar-refractivity contribution in [2.45, 2.75) is 17.1 Å². The van der Waals surface area contributed by atoms with Gasteiger partial charge in [-0.15, -0.1) is 0 Å². The Kier molecular flexibility index (Phi) is 8.78. The summed E-state index contributed by atoms with van der Waals surface area (Å²) in [5.41, 5.74) is 0.209. The summed E-state index contributed by atoms with van der Waals surface area (Å²) in [6.45, 7) is 1.13. The fourth-order valence-corrected chi connectivity index (χ4v) is 6.73. The van der Waals surface area contributed by atoms with Gasteiger partial charge in [-0.05, 0) is 60.7 Å². The van der Waals surface area contributed by atoms with E-state index < -0.39 is 45.3 Å².